The Morgan fingerprint density at radius 3 is 2.36 bits per heavy atom. The van der Waals surface area contributed by atoms with Gasteiger partial charge in [0.2, 0.25) is 5.76 Å². The molecule has 0 saturated heterocycles. The maximum Gasteiger partial charge on any atom is 0.450 e. The van der Waals surface area contributed by atoms with Crippen LogP contribution in [0.3, 0.4) is 0 Å². The smallest absolute Gasteiger partial charge is 0.450 e. The van der Waals surface area contributed by atoms with Crippen LogP contribution in [-0.2, 0) is 6.18 Å². The summed E-state index contributed by atoms with van der Waals surface area (Å²) in [6.07, 6.45) is -4.75. The summed E-state index contributed by atoms with van der Waals surface area (Å²) in [5, 5.41) is 9.28. The maximum absolute atomic E-state index is 13.2. The van der Waals surface area contributed by atoms with E-state index >= 15 is 0 Å². The second-order valence-electron chi connectivity index (χ2n) is 4.71. The van der Waals surface area contributed by atoms with Crippen LogP contribution in [0.2, 0.25) is 5.15 Å². The highest BCUT2D eigenvalue weighted by atomic mass is 35.5. The third-order valence-electron chi connectivity index (χ3n) is 3.25. The largest absolute Gasteiger partial charge is 0.505 e. The summed E-state index contributed by atoms with van der Waals surface area (Å²) < 4.78 is 44.6. The molecule has 7 heteroatoms. The van der Waals surface area contributed by atoms with E-state index < -0.39 is 17.3 Å². The molecule has 0 aliphatic carbocycles. The quantitative estimate of drug-likeness (QED) is 0.626. The molecule has 3 rings (SSSR count). The maximum atomic E-state index is 13.2. The highest BCUT2D eigenvalue weighted by Gasteiger charge is 2.40. The van der Waals surface area contributed by atoms with E-state index in [2.05, 4.69) is 4.98 Å². The molecule has 1 aromatic carbocycles. The van der Waals surface area contributed by atoms with Gasteiger partial charge >= 0.3 is 6.18 Å². The molecule has 0 spiro atoms. The zero-order chi connectivity index (χ0) is 16.1. The Morgan fingerprint density at radius 1 is 1.14 bits per heavy atom. The number of fused-ring (bicyclic) bond motifs is 1. The van der Waals surface area contributed by atoms with Crippen molar-refractivity contribution < 1.29 is 22.7 Å². The first kappa shape index (κ1) is 14.7. The van der Waals surface area contributed by atoms with Gasteiger partial charge < -0.3 is 9.52 Å². The van der Waals surface area contributed by atoms with E-state index in [1.165, 1.54) is 6.92 Å². The van der Waals surface area contributed by atoms with Crippen molar-refractivity contribution in [1.82, 2.24) is 4.98 Å². The summed E-state index contributed by atoms with van der Waals surface area (Å²) in [4.78, 5) is 3.74. The first-order chi connectivity index (χ1) is 10.3. The summed E-state index contributed by atoms with van der Waals surface area (Å²) >= 11 is 5.86. The van der Waals surface area contributed by atoms with Crippen LogP contribution in [0, 0.1) is 6.92 Å². The second-order valence-corrected chi connectivity index (χ2v) is 5.07. The van der Waals surface area contributed by atoms with Gasteiger partial charge in [0.25, 0.3) is 0 Å². The Labute approximate surface area is 128 Å². The van der Waals surface area contributed by atoms with Crippen LogP contribution in [0.25, 0.3) is 22.1 Å². The van der Waals surface area contributed by atoms with Gasteiger partial charge in [-0.25, -0.2) is 4.98 Å². The fourth-order valence-electron chi connectivity index (χ4n) is 2.28. The van der Waals surface area contributed by atoms with Crippen molar-refractivity contribution in [3.05, 3.63) is 46.9 Å². The second kappa shape index (κ2) is 4.91. The molecule has 0 aliphatic heterocycles. The van der Waals surface area contributed by atoms with E-state index in [9.17, 15) is 18.3 Å². The number of hydrogen-bond donors (Lipinski definition) is 1. The van der Waals surface area contributed by atoms with Gasteiger partial charge in [0.05, 0.1) is 16.5 Å². The van der Waals surface area contributed by atoms with Gasteiger partial charge in [-0.15, -0.1) is 0 Å². The van der Waals surface area contributed by atoms with Crippen molar-refractivity contribution in [2.24, 2.45) is 0 Å². The molecule has 0 unspecified atom stereocenters. The fraction of sp³-hybridized carbons (Fsp3) is 0.133. The molecule has 0 atom stereocenters. The molecule has 0 amide bonds. The molecule has 2 aromatic heterocycles. The van der Waals surface area contributed by atoms with Crippen molar-refractivity contribution in [1.29, 1.82) is 0 Å². The van der Waals surface area contributed by atoms with Crippen LogP contribution < -0.4 is 0 Å². The zero-order valence-electron chi connectivity index (χ0n) is 11.2. The Kier molecular flexibility index (Phi) is 3.29. The first-order valence-corrected chi connectivity index (χ1v) is 6.62. The summed E-state index contributed by atoms with van der Waals surface area (Å²) in [6, 6.07) is 8.20. The van der Waals surface area contributed by atoms with Gasteiger partial charge in [0.15, 0.2) is 0 Å². The number of furan rings is 1. The van der Waals surface area contributed by atoms with E-state index in [0.717, 1.165) is 0 Å². The number of halogens is 4. The third-order valence-corrected chi connectivity index (χ3v) is 3.53. The number of aryl methyl sites for hydroxylation is 1. The van der Waals surface area contributed by atoms with Crippen LogP contribution in [0.1, 0.15) is 11.5 Å². The Bertz CT molecular complexity index is 857. The van der Waals surface area contributed by atoms with Crippen molar-refractivity contribution in [3.8, 4) is 17.1 Å². The van der Waals surface area contributed by atoms with E-state index in [4.69, 9.17) is 16.0 Å². The van der Waals surface area contributed by atoms with Crippen molar-refractivity contribution in [2.45, 2.75) is 13.1 Å². The van der Waals surface area contributed by atoms with Gasteiger partial charge in [-0.05, 0) is 6.92 Å². The molecular formula is C15H9ClF3NO2. The molecule has 0 radical (unpaired) electrons. The van der Waals surface area contributed by atoms with Gasteiger partial charge in [-0.2, -0.15) is 13.2 Å². The van der Waals surface area contributed by atoms with Crippen LogP contribution >= 0.6 is 11.6 Å². The molecule has 2 heterocycles. The average molecular weight is 328 g/mol. The van der Waals surface area contributed by atoms with Gasteiger partial charge in [0, 0.05) is 5.56 Å². The number of nitrogens with zero attached hydrogens (tertiary/aromatic N) is 1. The summed E-state index contributed by atoms with van der Waals surface area (Å²) in [7, 11) is 0. The minimum atomic E-state index is -4.75. The summed E-state index contributed by atoms with van der Waals surface area (Å²) in [5.74, 6) is -1.74. The predicted molar refractivity (Wildman–Crippen MR) is 75.9 cm³/mol. The first-order valence-electron chi connectivity index (χ1n) is 6.25. The number of rotatable bonds is 1. The number of alkyl halides is 3. The van der Waals surface area contributed by atoms with Crippen LogP contribution in [-0.4, -0.2) is 10.1 Å². The van der Waals surface area contributed by atoms with E-state index in [1.54, 1.807) is 30.3 Å². The lowest BCUT2D eigenvalue weighted by molar-refractivity contribution is -0.151. The highest BCUT2D eigenvalue weighted by Crippen LogP contribution is 2.47. The van der Waals surface area contributed by atoms with Crippen molar-refractivity contribution in [3.63, 3.8) is 0 Å². The normalized spacial score (nSPS) is 12.0. The number of pyridine rings is 1. The minimum Gasteiger partial charge on any atom is -0.505 e. The SMILES string of the molecule is Cc1nc(Cl)c2c(C(F)(F)F)oc(-c3ccccc3)c2c1O. The molecule has 22 heavy (non-hydrogen) atoms. The molecule has 0 aliphatic rings. The number of aromatic nitrogens is 1. The standard InChI is InChI=1S/C15H9ClF3NO2/c1-7-11(21)9-10(14(16)20-7)13(15(17,18)19)22-12(9)8-5-3-2-4-6-8/h2-6,21H,1H3. The minimum absolute atomic E-state index is 0.0870. The van der Waals surface area contributed by atoms with Gasteiger partial charge in [-0.1, -0.05) is 41.9 Å². The summed E-state index contributed by atoms with van der Waals surface area (Å²) in [6.45, 7) is 1.45. The van der Waals surface area contributed by atoms with Gasteiger partial charge in [0.1, 0.15) is 16.7 Å². The van der Waals surface area contributed by atoms with Crippen molar-refractivity contribution >= 4 is 22.4 Å². The lowest BCUT2D eigenvalue weighted by Crippen LogP contribution is -2.04. The highest BCUT2D eigenvalue weighted by molar-refractivity contribution is 6.35. The third kappa shape index (κ3) is 2.20. The molecule has 0 bridgehead atoms. The van der Waals surface area contributed by atoms with E-state index in [-0.39, 0.29) is 27.7 Å². The number of benzene rings is 1. The Balaban J connectivity index is 2.49. The van der Waals surface area contributed by atoms with Crippen molar-refractivity contribution in [2.75, 3.05) is 0 Å². The Hall–Kier alpha value is -2.21. The topological polar surface area (TPSA) is 46.3 Å². The van der Waals surface area contributed by atoms with E-state index in [0.29, 0.717) is 5.56 Å². The zero-order valence-corrected chi connectivity index (χ0v) is 12.0. The fourth-order valence-corrected chi connectivity index (χ4v) is 2.59. The van der Waals surface area contributed by atoms with Crippen LogP contribution in [0.4, 0.5) is 13.2 Å². The molecule has 0 fully saturated rings. The summed E-state index contributed by atoms with van der Waals surface area (Å²) in [5.41, 5.74) is 0.532. The monoisotopic (exact) mass is 327 g/mol. The molecule has 3 nitrogen and oxygen atoms in total. The lowest BCUT2D eigenvalue weighted by Gasteiger charge is -2.05. The molecule has 114 valence electrons. The van der Waals surface area contributed by atoms with Crippen LogP contribution in [0.15, 0.2) is 34.7 Å². The average Bonchev–Trinajstić information content (AvgIpc) is 2.87. The molecule has 3 aromatic rings. The predicted octanol–water partition coefficient (Wildman–Crippen LogP) is 5.18. The van der Waals surface area contributed by atoms with Gasteiger partial charge in [-0.3, -0.25) is 0 Å². The number of hydrogen-bond acceptors (Lipinski definition) is 3. The van der Waals surface area contributed by atoms with Crippen LogP contribution in [0.5, 0.6) is 5.75 Å². The van der Waals surface area contributed by atoms with E-state index in [1.807, 2.05) is 0 Å². The molecular weight excluding hydrogens is 319 g/mol. The number of aromatic hydroxyl groups is 1. The lowest BCUT2D eigenvalue weighted by atomic mass is 10.1. The molecule has 0 saturated carbocycles. The molecule has 1 N–H and O–H groups in total. The Morgan fingerprint density at radius 2 is 1.77 bits per heavy atom.